The van der Waals surface area contributed by atoms with Gasteiger partial charge in [0.05, 0.1) is 5.21 Å². The molecule has 1 heterocycles. The molecule has 0 aromatic carbocycles. The highest BCUT2D eigenvalue weighted by atomic mass is 16.6. The van der Waals surface area contributed by atoms with Crippen LogP contribution in [-0.2, 0) is 6.54 Å². The molecule has 0 N–H and O–H groups in total. The van der Waals surface area contributed by atoms with E-state index in [9.17, 15) is 10.1 Å². The number of hydrogen-bond donors (Lipinski definition) is 0. The third-order valence-electron chi connectivity index (χ3n) is 1.27. The van der Waals surface area contributed by atoms with Gasteiger partial charge in [0.15, 0.2) is 0 Å². The molecule has 0 aliphatic rings. The van der Waals surface area contributed by atoms with Gasteiger partial charge in [0.1, 0.15) is 11.3 Å². The zero-order chi connectivity index (χ0) is 9.14. The van der Waals surface area contributed by atoms with Gasteiger partial charge in [-0.15, -0.1) is 0 Å². The Labute approximate surface area is 69.3 Å². The molecule has 0 spiro atoms. The van der Waals surface area contributed by atoms with Crippen LogP contribution in [0.25, 0.3) is 0 Å². The third-order valence-corrected chi connectivity index (χ3v) is 1.27. The number of hydrogen-bond acceptors (Lipinski definition) is 4. The van der Waals surface area contributed by atoms with Crippen molar-refractivity contribution in [2.75, 3.05) is 0 Å². The molecule has 0 saturated heterocycles. The molecule has 0 aliphatic carbocycles. The maximum atomic E-state index is 10.2. The monoisotopic (exact) mass is 170 g/mol. The molecule has 0 amide bonds. The third kappa shape index (κ3) is 2.01. The van der Waals surface area contributed by atoms with Gasteiger partial charge in [0.2, 0.25) is 0 Å². The van der Waals surface area contributed by atoms with E-state index in [0.717, 1.165) is 0 Å². The second-order valence-electron chi connectivity index (χ2n) is 2.95. The predicted octanol–water partition coefficient (Wildman–Crippen LogP) is 0.842. The van der Waals surface area contributed by atoms with Gasteiger partial charge in [-0.2, -0.15) is 0 Å². The minimum absolute atomic E-state index is 0.198. The van der Waals surface area contributed by atoms with Crippen LogP contribution in [0, 0.1) is 16.0 Å². The number of nitro groups is 1. The number of aromatic nitrogens is 3. The molecule has 6 nitrogen and oxygen atoms in total. The van der Waals surface area contributed by atoms with Crippen molar-refractivity contribution in [3.63, 3.8) is 0 Å². The van der Waals surface area contributed by atoms with E-state index in [1.165, 1.54) is 10.9 Å². The lowest BCUT2D eigenvalue weighted by Crippen LogP contribution is -2.04. The van der Waals surface area contributed by atoms with E-state index in [1.807, 2.05) is 13.8 Å². The van der Waals surface area contributed by atoms with E-state index in [-0.39, 0.29) is 5.82 Å². The standard InChI is InChI=1S/C6H10N4O2/c1-5(2)3-9-4-6(7-8-9)10(11)12/h4-5H,3H2,1-2H3. The first-order valence-electron chi connectivity index (χ1n) is 3.64. The van der Waals surface area contributed by atoms with Crippen molar-refractivity contribution in [1.29, 1.82) is 0 Å². The maximum Gasteiger partial charge on any atom is 0.410 e. The van der Waals surface area contributed by atoms with Gasteiger partial charge < -0.3 is 10.1 Å². The Kier molecular flexibility index (Phi) is 2.37. The van der Waals surface area contributed by atoms with Crippen LogP contribution in [-0.4, -0.2) is 19.9 Å². The Morgan fingerprint density at radius 1 is 1.75 bits per heavy atom. The Bertz CT molecular complexity index is 281. The summed E-state index contributed by atoms with van der Waals surface area (Å²) in [5.41, 5.74) is 0. The quantitative estimate of drug-likeness (QED) is 0.497. The van der Waals surface area contributed by atoms with Crippen LogP contribution in [0.5, 0.6) is 0 Å². The first-order chi connectivity index (χ1) is 5.59. The van der Waals surface area contributed by atoms with Crippen LogP contribution in [0.4, 0.5) is 5.82 Å². The van der Waals surface area contributed by atoms with E-state index in [4.69, 9.17) is 0 Å². The van der Waals surface area contributed by atoms with Crippen LogP contribution < -0.4 is 0 Å². The molecule has 6 heteroatoms. The lowest BCUT2D eigenvalue weighted by Gasteiger charge is -1.99. The van der Waals surface area contributed by atoms with E-state index in [1.54, 1.807) is 0 Å². The number of rotatable bonds is 3. The van der Waals surface area contributed by atoms with Crippen molar-refractivity contribution in [3.8, 4) is 0 Å². The smallest absolute Gasteiger partial charge is 0.358 e. The van der Waals surface area contributed by atoms with E-state index >= 15 is 0 Å². The average Bonchev–Trinajstić information content (AvgIpc) is 2.34. The minimum atomic E-state index is -0.552. The molecule has 0 radical (unpaired) electrons. The van der Waals surface area contributed by atoms with Gasteiger partial charge in [-0.3, -0.25) is 0 Å². The van der Waals surface area contributed by atoms with Gasteiger partial charge in [0.25, 0.3) is 0 Å². The van der Waals surface area contributed by atoms with Crippen molar-refractivity contribution >= 4 is 5.82 Å². The molecule has 0 bridgehead atoms. The summed E-state index contributed by atoms with van der Waals surface area (Å²) < 4.78 is 1.48. The van der Waals surface area contributed by atoms with Crippen molar-refractivity contribution in [2.24, 2.45) is 5.92 Å². The lowest BCUT2D eigenvalue weighted by atomic mass is 10.2. The van der Waals surface area contributed by atoms with Gasteiger partial charge in [-0.1, -0.05) is 13.8 Å². The molecule has 0 aliphatic heterocycles. The fraction of sp³-hybridized carbons (Fsp3) is 0.667. The van der Waals surface area contributed by atoms with Gasteiger partial charge >= 0.3 is 5.82 Å². The highest BCUT2D eigenvalue weighted by Gasteiger charge is 2.11. The van der Waals surface area contributed by atoms with Crippen molar-refractivity contribution in [1.82, 2.24) is 15.0 Å². The second kappa shape index (κ2) is 3.29. The van der Waals surface area contributed by atoms with Gasteiger partial charge in [-0.05, 0) is 10.8 Å². The largest absolute Gasteiger partial charge is 0.410 e. The molecule has 0 saturated carbocycles. The predicted molar refractivity (Wildman–Crippen MR) is 41.5 cm³/mol. The molecule has 1 aromatic rings. The van der Waals surface area contributed by atoms with Gasteiger partial charge in [-0.25, -0.2) is 4.68 Å². The van der Waals surface area contributed by atoms with E-state index < -0.39 is 4.92 Å². The summed E-state index contributed by atoms with van der Waals surface area (Å²) in [6, 6.07) is 0. The van der Waals surface area contributed by atoms with Crippen LogP contribution in [0.3, 0.4) is 0 Å². The normalized spacial score (nSPS) is 10.6. The summed E-state index contributed by atoms with van der Waals surface area (Å²) in [4.78, 5) is 9.64. The van der Waals surface area contributed by atoms with E-state index in [0.29, 0.717) is 12.5 Å². The summed E-state index contributed by atoms with van der Waals surface area (Å²) in [5, 5.41) is 17.2. The summed E-state index contributed by atoms with van der Waals surface area (Å²) >= 11 is 0. The Morgan fingerprint density at radius 2 is 2.42 bits per heavy atom. The first-order valence-corrected chi connectivity index (χ1v) is 3.64. The molecule has 0 fully saturated rings. The minimum Gasteiger partial charge on any atom is -0.358 e. The van der Waals surface area contributed by atoms with Gasteiger partial charge in [0, 0.05) is 6.54 Å². The van der Waals surface area contributed by atoms with E-state index in [2.05, 4.69) is 10.3 Å². The first kappa shape index (κ1) is 8.63. The second-order valence-corrected chi connectivity index (χ2v) is 2.95. The molecular formula is C6H10N4O2. The SMILES string of the molecule is CC(C)Cn1cc([N+](=O)[O-])nn1. The van der Waals surface area contributed by atoms with Crippen LogP contribution in [0.2, 0.25) is 0 Å². The molecule has 66 valence electrons. The van der Waals surface area contributed by atoms with Crippen molar-refractivity contribution < 1.29 is 4.92 Å². The molecule has 0 unspecified atom stereocenters. The highest BCUT2D eigenvalue weighted by Crippen LogP contribution is 2.05. The zero-order valence-electron chi connectivity index (χ0n) is 6.97. The Balaban J connectivity index is 2.71. The lowest BCUT2D eigenvalue weighted by molar-refractivity contribution is -0.389. The molecule has 1 aromatic heterocycles. The maximum absolute atomic E-state index is 10.2. The number of nitrogens with zero attached hydrogens (tertiary/aromatic N) is 4. The van der Waals surface area contributed by atoms with Crippen LogP contribution >= 0.6 is 0 Å². The Morgan fingerprint density at radius 3 is 2.83 bits per heavy atom. The van der Waals surface area contributed by atoms with Crippen molar-refractivity contribution in [3.05, 3.63) is 16.3 Å². The topological polar surface area (TPSA) is 73.8 Å². The van der Waals surface area contributed by atoms with Crippen LogP contribution in [0.15, 0.2) is 6.20 Å². The zero-order valence-corrected chi connectivity index (χ0v) is 6.97. The molecule has 1 rings (SSSR count). The highest BCUT2D eigenvalue weighted by molar-refractivity contribution is 5.08. The summed E-state index contributed by atoms with van der Waals surface area (Å²) in [7, 11) is 0. The summed E-state index contributed by atoms with van der Waals surface area (Å²) in [6.45, 7) is 4.67. The summed E-state index contributed by atoms with van der Waals surface area (Å²) in [6.07, 6.45) is 1.33. The molecular weight excluding hydrogens is 160 g/mol. The molecule has 12 heavy (non-hydrogen) atoms. The average molecular weight is 170 g/mol. The van der Waals surface area contributed by atoms with Crippen LogP contribution in [0.1, 0.15) is 13.8 Å². The molecule has 0 atom stereocenters. The summed E-state index contributed by atoms with van der Waals surface area (Å²) in [5.74, 6) is 0.210. The fourth-order valence-corrected chi connectivity index (χ4v) is 0.835. The Hall–Kier alpha value is -1.46. The van der Waals surface area contributed by atoms with Crippen molar-refractivity contribution in [2.45, 2.75) is 20.4 Å². The fourth-order valence-electron chi connectivity index (χ4n) is 0.835.